The first kappa shape index (κ1) is 13.9. The van der Waals surface area contributed by atoms with Crippen molar-refractivity contribution in [1.82, 2.24) is 15.3 Å². The number of rotatable bonds is 6. The minimum atomic E-state index is 0.103. The summed E-state index contributed by atoms with van der Waals surface area (Å²) in [6.07, 6.45) is 4.72. The average molecular weight is 236 g/mol. The fourth-order valence-electron chi connectivity index (χ4n) is 1.44. The molecular formula is C13H24N4. The molecule has 1 N–H and O–H groups in total. The maximum absolute atomic E-state index is 4.63. The first-order chi connectivity index (χ1) is 8.01. The van der Waals surface area contributed by atoms with Crippen molar-refractivity contribution in [3.63, 3.8) is 0 Å². The lowest BCUT2D eigenvalue weighted by Gasteiger charge is -2.35. The van der Waals surface area contributed by atoms with Gasteiger partial charge >= 0.3 is 0 Å². The van der Waals surface area contributed by atoms with Gasteiger partial charge in [-0.1, -0.05) is 13.8 Å². The molecule has 96 valence electrons. The monoisotopic (exact) mass is 236 g/mol. The Morgan fingerprint density at radius 2 is 2.00 bits per heavy atom. The highest BCUT2D eigenvalue weighted by molar-refractivity contribution is 5.38. The van der Waals surface area contributed by atoms with E-state index in [9.17, 15) is 0 Å². The SMILES string of the molecule is CCNCc1cncc(N(C)C(C)(C)CC)n1. The Hall–Kier alpha value is -1.16. The second-order valence-corrected chi connectivity index (χ2v) is 4.87. The highest BCUT2D eigenvalue weighted by atomic mass is 15.2. The molecule has 0 atom stereocenters. The van der Waals surface area contributed by atoms with Crippen molar-refractivity contribution >= 4 is 5.82 Å². The molecular weight excluding hydrogens is 212 g/mol. The smallest absolute Gasteiger partial charge is 0.147 e. The van der Waals surface area contributed by atoms with Crippen LogP contribution < -0.4 is 10.2 Å². The van der Waals surface area contributed by atoms with Crippen LogP contribution in [-0.4, -0.2) is 29.1 Å². The van der Waals surface area contributed by atoms with E-state index in [1.54, 1.807) is 0 Å². The molecule has 4 heteroatoms. The number of aromatic nitrogens is 2. The number of anilines is 1. The van der Waals surface area contributed by atoms with Crippen LogP contribution in [0.4, 0.5) is 5.82 Å². The van der Waals surface area contributed by atoms with Gasteiger partial charge in [0.25, 0.3) is 0 Å². The van der Waals surface area contributed by atoms with Crippen molar-refractivity contribution < 1.29 is 0 Å². The summed E-state index contributed by atoms with van der Waals surface area (Å²) >= 11 is 0. The van der Waals surface area contributed by atoms with Gasteiger partial charge in [-0.15, -0.1) is 0 Å². The van der Waals surface area contributed by atoms with E-state index in [1.807, 2.05) is 12.4 Å². The minimum Gasteiger partial charge on any atom is -0.353 e. The maximum Gasteiger partial charge on any atom is 0.147 e. The molecule has 0 bridgehead atoms. The molecule has 4 nitrogen and oxygen atoms in total. The number of hydrogen-bond acceptors (Lipinski definition) is 4. The lowest BCUT2D eigenvalue weighted by atomic mass is 10.0. The van der Waals surface area contributed by atoms with E-state index < -0.39 is 0 Å². The molecule has 0 amide bonds. The van der Waals surface area contributed by atoms with Gasteiger partial charge in [-0.05, 0) is 26.8 Å². The standard InChI is InChI=1S/C13H24N4/c1-6-13(3,4)17(5)12-10-15-9-11(16-12)8-14-7-2/h9-10,14H,6-8H2,1-5H3. The van der Waals surface area contributed by atoms with Gasteiger partial charge in [0, 0.05) is 25.3 Å². The Morgan fingerprint density at radius 3 is 2.59 bits per heavy atom. The van der Waals surface area contributed by atoms with Gasteiger partial charge in [0.15, 0.2) is 0 Å². The van der Waals surface area contributed by atoms with Crippen molar-refractivity contribution in [2.75, 3.05) is 18.5 Å². The molecule has 0 aliphatic rings. The predicted molar refractivity (Wildman–Crippen MR) is 72.2 cm³/mol. The van der Waals surface area contributed by atoms with Crippen LogP contribution in [0.15, 0.2) is 12.4 Å². The summed E-state index contributed by atoms with van der Waals surface area (Å²) in [4.78, 5) is 11.1. The molecule has 0 saturated heterocycles. The van der Waals surface area contributed by atoms with Crippen molar-refractivity contribution in [2.24, 2.45) is 0 Å². The fraction of sp³-hybridized carbons (Fsp3) is 0.692. The minimum absolute atomic E-state index is 0.103. The third-order valence-electron chi connectivity index (χ3n) is 3.34. The van der Waals surface area contributed by atoms with Crippen molar-refractivity contribution in [3.8, 4) is 0 Å². The van der Waals surface area contributed by atoms with E-state index in [1.165, 1.54) is 0 Å². The Bertz CT molecular complexity index is 349. The fourth-order valence-corrected chi connectivity index (χ4v) is 1.44. The highest BCUT2D eigenvalue weighted by Gasteiger charge is 2.22. The van der Waals surface area contributed by atoms with Gasteiger partial charge in [-0.3, -0.25) is 4.98 Å². The quantitative estimate of drug-likeness (QED) is 0.822. The number of hydrogen-bond donors (Lipinski definition) is 1. The van der Waals surface area contributed by atoms with Crippen LogP contribution in [0.2, 0.25) is 0 Å². The lowest BCUT2D eigenvalue weighted by Crippen LogP contribution is -2.41. The van der Waals surface area contributed by atoms with Gasteiger partial charge in [-0.2, -0.15) is 0 Å². The molecule has 0 spiro atoms. The van der Waals surface area contributed by atoms with Gasteiger partial charge in [0.2, 0.25) is 0 Å². The van der Waals surface area contributed by atoms with E-state index in [0.29, 0.717) is 0 Å². The average Bonchev–Trinajstić information content (AvgIpc) is 2.35. The van der Waals surface area contributed by atoms with Gasteiger partial charge in [-0.25, -0.2) is 4.98 Å². The molecule has 17 heavy (non-hydrogen) atoms. The zero-order valence-corrected chi connectivity index (χ0v) is 11.6. The molecule has 0 aromatic carbocycles. The van der Waals surface area contributed by atoms with E-state index in [4.69, 9.17) is 0 Å². The van der Waals surface area contributed by atoms with Crippen LogP contribution in [0, 0.1) is 0 Å². The maximum atomic E-state index is 4.63. The molecule has 0 aliphatic heterocycles. The van der Waals surface area contributed by atoms with Crippen LogP contribution in [0.5, 0.6) is 0 Å². The summed E-state index contributed by atoms with van der Waals surface area (Å²) in [6, 6.07) is 0. The van der Waals surface area contributed by atoms with E-state index in [-0.39, 0.29) is 5.54 Å². The second kappa shape index (κ2) is 5.96. The van der Waals surface area contributed by atoms with E-state index in [2.05, 4.69) is 54.9 Å². The number of nitrogens with zero attached hydrogens (tertiary/aromatic N) is 3. The van der Waals surface area contributed by atoms with Crippen LogP contribution in [-0.2, 0) is 6.54 Å². The Balaban J connectivity index is 2.84. The lowest BCUT2D eigenvalue weighted by molar-refractivity contribution is 0.466. The zero-order valence-electron chi connectivity index (χ0n) is 11.6. The van der Waals surface area contributed by atoms with E-state index in [0.717, 1.165) is 31.0 Å². The molecule has 0 radical (unpaired) electrons. The molecule has 1 heterocycles. The summed E-state index contributed by atoms with van der Waals surface area (Å²) in [5, 5.41) is 3.26. The van der Waals surface area contributed by atoms with Crippen LogP contribution in [0.25, 0.3) is 0 Å². The Morgan fingerprint density at radius 1 is 1.29 bits per heavy atom. The van der Waals surface area contributed by atoms with Gasteiger partial charge < -0.3 is 10.2 Å². The largest absolute Gasteiger partial charge is 0.353 e. The number of nitrogens with one attached hydrogen (secondary N) is 1. The summed E-state index contributed by atoms with van der Waals surface area (Å²) in [5.74, 6) is 0.937. The van der Waals surface area contributed by atoms with Crippen LogP contribution in [0.1, 0.15) is 39.8 Å². The highest BCUT2D eigenvalue weighted by Crippen LogP contribution is 2.22. The van der Waals surface area contributed by atoms with Crippen LogP contribution in [0.3, 0.4) is 0 Å². The Kier molecular flexibility index (Phi) is 4.87. The normalized spacial score (nSPS) is 11.6. The van der Waals surface area contributed by atoms with Crippen molar-refractivity contribution in [2.45, 2.75) is 46.2 Å². The molecule has 0 fully saturated rings. The summed E-state index contributed by atoms with van der Waals surface area (Å²) < 4.78 is 0. The van der Waals surface area contributed by atoms with Crippen molar-refractivity contribution in [3.05, 3.63) is 18.1 Å². The zero-order chi connectivity index (χ0) is 12.9. The third kappa shape index (κ3) is 3.66. The molecule has 0 saturated carbocycles. The predicted octanol–water partition coefficient (Wildman–Crippen LogP) is 2.21. The molecule has 1 rings (SSSR count). The summed E-state index contributed by atoms with van der Waals surface area (Å²) in [6.45, 7) is 10.4. The first-order valence-corrected chi connectivity index (χ1v) is 6.26. The van der Waals surface area contributed by atoms with Gasteiger partial charge in [0.1, 0.15) is 5.82 Å². The summed E-state index contributed by atoms with van der Waals surface area (Å²) in [7, 11) is 2.07. The molecule has 0 aliphatic carbocycles. The van der Waals surface area contributed by atoms with Crippen molar-refractivity contribution in [1.29, 1.82) is 0 Å². The third-order valence-corrected chi connectivity index (χ3v) is 3.34. The van der Waals surface area contributed by atoms with E-state index >= 15 is 0 Å². The topological polar surface area (TPSA) is 41.1 Å². The molecule has 0 unspecified atom stereocenters. The summed E-state index contributed by atoms with van der Waals surface area (Å²) in [5.41, 5.74) is 1.09. The first-order valence-electron chi connectivity index (χ1n) is 6.26. The second-order valence-electron chi connectivity index (χ2n) is 4.87. The van der Waals surface area contributed by atoms with Crippen LogP contribution >= 0.6 is 0 Å². The molecule has 1 aromatic rings. The Labute approximate surface area is 104 Å². The molecule has 1 aromatic heterocycles. The van der Waals surface area contributed by atoms with Gasteiger partial charge in [0.05, 0.1) is 11.9 Å².